The van der Waals surface area contributed by atoms with E-state index in [1.165, 1.54) is 12.8 Å². The zero-order chi connectivity index (χ0) is 9.80. The third-order valence-corrected chi connectivity index (χ3v) is 2.39. The van der Waals surface area contributed by atoms with Gasteiger partial charge in [0.2, 0.25) is 0 Å². The van der Waals surface area contributed by atoms with Crippen LogP contribution in [0, 0.1) is 0 Å². The molecular weight excluding hydrogens is 180 g/mol. The molecule has 0 N–H and O–H groups in total. The molecule has 0 bridgehead atoms. The molecule has 1 aromatic heterocycles. The highest BCUT2D eigenvalue weighted by Crippen LogP contribution is 2.14. The molecule has 2 rings (SSSR count). The van der Waals surface area contributed by atoms with Crippen molar-refractivity contribution in [1.29, 1.82) is 0 Å². The van der Waals surface area contributed by atoms with Gasteiger partial charge in [0.05, 0.1) is 18.5 Å². The summed E-state index contributed by atoms with van der Waals surface area (Å²) in [6, 6.07) is 0. The molecule has 0 aromatic carbocycles. The maximum atomic E-state index is 5.56. The van der Waals surface area contributed by atoms with Gasteiger partial charge < -0.3 is 9.47 Å². The summed E-state index contributed by atoms with van der Waals surface area (Å²) in [5, 5.41) is 4.03. The summed E-state index contributed by atoms with van der Waals surface area (Å²) in [5.74, 6) is 0.821. The Labute approximate surface area is 83.8 Å². The van der Waals surface area contributed by atoms with Gasteiger partial charge in [0.15, 0.2) is 5.75 Å². The van der Waals surface area contributed by atoms with Gasteiger partial charge in [0, 0.05) is 13.7 Å². The first-order valence-electron chi connectivity index (χ1n) is 5.07. The summed E-state index contributed by atoms with van der Waals surface area (Å²) in [7, 11) is 1.88. The van der Waals surface area contributed by atoms with Crippen LogP contribution in [0.3, 0.4) is 0 Å². The van der Waals surface area contributed by atoms with Gasteiger partial charge in [-0.3, -0.25) is 4.68 Å². The van der Waals surface area contributed by atoms with Gasteiger partial charge in [-0.05, 0) is 19.3 Å². The number of ether oxygens (including phenoxy) is 2. The highest BCUT2D eigenvalue weighted by atomic mass is 16.5. The molecule has 4 nitrogen and oxygen atoms in total. The zero-order valence-electron chi connectivity index (χ0n) is 8.48. The minimum atomic E-state index is 0.268. The summed E-state index contributed by atoms with van der Waals surface area (Å²) >= 11 is 0. The van der Waals surface area contributed by atoms with Crippen molar-refractivity contribution in [2.75, 3.05) is 13.2 Å². The van der Waals surface area contributed by atoms with E-state index in [0.717, 1.165) is 18.8 Å². The van der Waals surface area contributed by atoms with Gasteiger partial charge in [-0.1, -0.05) is 0 Å². The van der Waals surface area contributed by atoms with E-state index in [1.54, 1.807) is 10.9 Å². The smallest absolute Gasteiger partial charge is 0.157 e. The Hall–Kier alpha value is -1.03. The van der Waals surface area contributed by atoms with Gasteiger partial charge in [-0.15, -0.1) is 0 Å². The van der Waals surface area contributed by atoms with Crippen molar-refractivity contribution in [3.63, 3.8) is 0 Å². The molecule has 1 unspecified atom stereocenters. The third kappa shape index (κ3) is 2.48. The lowest BCUT2D eigenvalue weighted by atomic mass is 10.1. The Balaban J connectivity index is 1.76. The van der Waals surface area contributed by atoms with Crippen molar-refractivity contribution in [1.82, 2.24) is 9.78 Å². The molecule has 78 valence electrons. The van der Waals surface area contributed by atoms with Crippen LogP contribution in [0.15, 0.2) is 12.4 Å². The highest BCUT2D eigenvalue weighted by molar-refractivity contribution is 5.11. The predicted molar refractivity (Wildman–Crippen MR) is 52.3 cm³/mol. The first-order chi connectivity index (χ1) is 6.84. The van der Waals surface area contributed by atoms with Crippen LogP contribution < -0.4 is 4.74 Å². The van der Waals surface area contributed by atoms with E-state index in [9.17, 15) is 0 Å². The fraction of sp³-hybridized carbons (Fsp3) is 0.700. The average Bonchev–Trinajstić information content (AvgIpc) is 2.63. The summed E-state index contributed by atoms with van der Waals surface area (Å²) in [4.78, 5) is 0. The minimum Gasteiger partial charge on any atom is -0.488 e. The lowest BCUT2D eigenvalue weighted by molar-refractivity contribution is -0.0110. The molecule has 4 heteroatoms. The third-order valence-electron chi connectivity index (χ3n) is 2.39. The second kappa shape index (κ2) is 4.46. The Morgan fingerprint density at radius 1 is 1.64 bits per heavy atom. The van der Waals surface area contributed by atoms with Crippen LogP contribution in [0.25, 0.3) is 0 Å². The first kappa shape index (κ1) is 9.52. The Morgan fingerprint density at radius 3 is 3.21 bits per heavy atom. The lowest BCUT2D eigenvalue weighted by Gasteiger charge is -2.22. The fourth-order valence-electron chi connectivity index (χ4n) is 1.60. The van der Waals surface area contributed by atoms with Crippen LogP contribution >= 0.6 is 0 Å². The molecule has 0 radical (unpaired) electrons. The quantitative estimate of drug-likeness (QED) is 0.732. The SMILES string of the molecule is Cn1cc(OCC2CCCCO2)cn1. The number of nitrogens with zero attached hydrogens (tertiary/aromatic N) is 2. The number of hydrogen-bond acceptors (Lipinski definition) is 3. The summed E-state index contributed by atoms with van der Waals surface area (Å²) in [6.07, 6.45) is 7.40. The van der Waals surface area contributed by atoms with Crippen molar-refractivity contribution >= 4 is 0 Å². The molecule has 1 atom stereocenters. The summed E-state index contributed by atoms with van der Waals surface area (Å²) in [5.41, 5.74) is 0. The van der Waals surface area contributed by atoms with Crippen LogP contribution in [0.1, 0.15) is 19.3 Å². The summed E-state index contributed by atoms with van der Waals surface area (Å²) < 4.78 is 12.8. The van der Waals surface area contributed by atoms with Crippen LogP contribution in [-0.2, 0) is 11.8 Å². The van der Waals surface area contributed by atoms with E-state index < -0.39 is 0 Å². The number of hydrogen-bond donors (Lipinski definition) is 0. The van der Waals surface area contributed by atoms with Gasteiger partial charge in [0.25, 0.3) is 0 Å². The summed E-state index contributed by atoms with van der Waals surface area (Å²) in [6.45, 7) is 1.52. The standard InChI is InChI=1S/C10H16N2O2/c1-12-7-10(6-11-12)14-8-9-4-2-3-5-13-9/h6-7,9H,2-5,8H2,1H3. The molecule has 1 saturated heterocycles. The maximum absolute atomic E-state index is 5.56. The second-order valence-electron chi connectivity index (χ2n) is 3.65. The second-order valence-corrected chi connectivity index (χ2v) is 3.65. The number of aryl methyl sites for hydroxylation is 1. The van der Waals surface area contributed by atoms with Crippen molar-refractivity contribution < 1.29 is 9.47 Å². The molecule has 0 aliphatic carbocycles. The van der Waals surface area contributed by atoms with Crippen molar-refractivity contribution in [2.45, 2.75) is 25.4 Å². The fourth-order valence-corrected chi connectivity index (χ4v) is 1.60. The molecule has 0 amide bonds. The number of rotatable bonds is 3. The highest BCUT2D eigenvalue weighted by Gasteiger charge is 2.14. The molecule has 0 saturated carbocycles. The van der Waals surface area contributed by atoms with E-state index in [-0.39, 0.29) is 6.10 Å². The van der Waals surface area contributed by atoms with Crippen LogP contribution in [-0.4, -0.2) is 29.1 Å². The molecule has 1 aromatic rings. The van der Waals surface area contributed by atoms with E-state index in [1.807, 2.05) is 13.2 Å². The van der Waals surface area contributed by atoms with E-state index in [2.05, 4.69) is 5.10 Å². The van der Waals surface area contributed by atoms with Crippen molar-refractivity contribution in [3.05, 3.63) is 12.4 Å². The van der Waals surface area contributed by atoms with Gasteiger partial charge in [-0.2, -0.15) is 5.10 Å². The van der Waals surface area contributed by atoms with Crippen LogP contribution in [0.5, 0.6) is 5.75 Å². The van der Waals surface area contributed by atoms with Crippen molar-refractivity contribution in [3.8, 4) is 5.75 Å². The number of aromatic nitrogens is 2. The molecular formula is C10H16N2O2. The largest absolute Gasteiger partial charge is 0.488 e. The Morgan fingerprint density at radius 2 is 2.57 bits per heavy atom. The van der Waals surface area contributed by atoms with E-state index >= 15 is 0 Å². The monoisotopic (exact) mass is 196 g/mol. The lowest BCUT2D eigenvalue weighted by Crippen LogP contribution is -2.25. The van der Waals surface area contributed by atoms with Crippen LogP contribution in [0.4, 0.5) is 0 Å². The minimum absolute atomic E-state index is 0.268. The Kier molecular flexibility index (Phi) is 3.03. The van der Waals surface area contributed by atoms with Gasteiger partial charge in [-0.25, -0.2) is 0 Å². The Bertz CT molecular complexity index is 279. The molecule has 1 fully saturated rings. The predicted octanol–water partition coefficient (Wildman–Crippen LogP) is 1.37. The molecule has 1 aliphatic rings. The normalized spacial score (nSPS) is 22.2. The average molecular weight is 196 g/mol. The topological polar surface area (TPSA) is 36.3 Å². The van der Waals surface area contributed by atoms with Gasteiger partial charge in [0.1, 0.15) is 6.61 Å². The first-order valence-corrected chi connectivity index (χ1v) is 5.07. The molecule has 1 aliphatic heterocycles. The van der Waals surface area contributed by atoms with Crippen LogP contribution in [0.2, 0.25) is 0 Å². The molecule has 0 spiro atoms. The van der Waals surface area contributed by atoms with E-state index in [4.69, 9.17) is 9.47 Å². The van der Waals surface area contributed by atoms with Crippen molar-refractivity contribution in [2.24, 2.45) is 7.05 Å². The molecule has 2 heterocycles. The maximum Gasteiger partial charge on any atom is 0.157 e. The van der Waals surface area contributed by atoms with E-state index in [0.29, 0.717) is 6.61 Å². The van der Waals surface area contributed by atoms with Gasteiger partial charge >= 0.3 is 0 Å². The molecule has 14 heavy (non-hydrogen) atoms. The zero-order valence-corrected chi connectivity index (χ0v) is 8.48.